The lowest BCUT2D eigenvalue weighted by Gasteiger charge is -2.15. The summed E-state index contributed by atoms with van der Waals surface area (Å²) < 4.78 is 17.5. The van der Waals surface area contributed by atoms with Gasteiger partial charge >= 0.3 is 6.03 Å². The van der Waals surface area contributed by atoms with Crippen LogP contribution in [0.25, 0.3) is 16.9 Å². The summed E-state index contributed by atoms with van der Waals surface area (Å²) >= 11 is 0. The standard InChI is InChI=1S/C21H20N6O4/c1-29-17-10-15(11-18(30-2)20(17)31-3)24-21(28)23-14-6-4-5-13(9-14)16-7-8-19-25-22-12-27(19)26-16/h4-12H,1-3H3,(H2,23,24,28). The van der Waals surface area contributed by atoms with Gasteiger partial charge in [0.05, 0.1) is 32.7 Å². The van der Waals surface area contributed by atoms with Crippen LogP contribution >= 0.6 is 0 Å². The van der Waals surface area contributed by atoms with Crippen molar-refractivity contribution in [2.24, 2.45) is 0 Å². The van der Waals surface area contributed by atoms with Crippen molar-refractivity contribution < 1.29 is 19.0 Å². The molecule has 0 atom stereocenters. The topological polar surface area (TPSA) is 112 Å². The summed E-state index contributed by atoms with van der Waals surface area (Å²) in [6.45, 7) is 0. The minimum atomic E-state index is -0.423. The number of fused-ring (bicyclic) bond motifs is 1. The molecule has 0 radical (unpaired) electrons. The lowest BCUT2D eigenvalue weighted by Crippen LogP contribution is -2.19. The number of aromatic nitrogens is 4. The Hall–Kier alpha value is -4.34. The zero-order valence-corrected chi connectivity index (χ0v) is 17.1. The highest BCUT2D eigenvalue weighted by Gasteiger charge is 2.14. The van der Waals surface area contributed by atoms with Crippen LogP contribution in [0, 0.1) is 0 Å². The second-order valence-corrected chi connectivity index (χ2v) is 6.43. The van der Waals surface area contributed by atoms with Crippen LogP contribution in [0.3, 0.4) is 0 Å². The Bertz CT molecular complexity index is 1210. The molecule has 0 aliphatic carbocycles. The number of carbonyl (C=O) groups excluding carboxylic acids is 1. The number of carbonyl (C=O) groups is 1. The first-order valence-electron chi connectivity index (χ1n) is 9.27. The van der Waals surface area contributed by atoms with Gasteiger partial charge in [-0.3, -0.25) is 0 Å². The van der Waals surface area contributed by atoms with Crippen molar-refractivity contribution in [2.75, 3.05) is 32.0 Å². The van der Waals surface area contributed by atoms with Gasteiger partial charge < -0.3 is 24.8 Å². The third kappa shape index (κ3) is 4.17. The van der Waals surface area contributed by atoms with Crippen molar-refractivity contribution in [3.63, 3.8) is 0 Å². The van der Waals surface area contributed by atoms with Crippen LogP contribution in [0.2, 0.25) is 0 Å². The minimum absolute atomic E-state index is 0.423. The van der Waals surface area contributed by atoms with Crippen molar-refractivity contribution in [3.05, 3.63) is 54.9 Å². The average molecular weight is 420 g/mol. The molecule has 0 aliphatic rings. The van der Waals surface area contributed by atoms with Gasteiger partial charge in [-0.15, -0.1) is 10.2 Å². The van der Waals surface area contributed by atoms with Crippen LogP contribution in [0.5, 0.6) is 17.2 Å². The Labute approximate surface area is 177 Å². The number of anilines is 2. The van der Waals surface area contributed by atoms with E-state index in [2.05, 4.69) is 25.9 Å². The molecular formula is C21H20N6O4. The first kappa shape index (κ1) is 20.0. The maximum atomic E-state index is 12.6. The zero-order valence-electron chi connectivity index (χ0n) is 17.1. The molecule has 0 saturated heterocycles. The number of hydrogen-bond acceptors (Lipinski definition) is 7. The molecule has 2 aromatic heterocycles. The fourth-order valence-electron chi connectivity index (χ4n) is 3.09. The molecule has 4 aromatic rings. The average Bonchev–Trinajstić information content (AvgIpc) is 3.26. The van der Waals surface area contributed by atoms with Gasteiger partial charge in [-0.25, -0.2) is 4.79 Å². The molecule has 10 nitrogen and oxygen atoms in total. The van der Waals surface area contributed by atoms with Gasteiger partial charge in [0.1, 0.15) is 6.33 Å². The van der Waals surface area contributed by atoms with E-state index in [9.17, 15) is 4.79 Å². The molecule has 2 amide bonds. The minimum Gasteiger partial charge on any atom is -0.493 e. The van der Waals surface area contributed by atoms with Crippen LogP contribution in [-0.2, 0) is 0 Å². The Balaban J connectivity index is 1.52. The fourth-order valence-corrected chi connectivity index (χ4v) is 3.09. The summed E-state index contributed by atoms with van der Waals surface area (Å²) in [6.07, 6.45) is 1.53. The smallest absolute Gasteiger partial charge is 0.323 e. The summed E-state index contributed by atoms with van der Waals surface area (Å²) in [5.74, 6) is 1.32. The van der Waals surface area contributed by atoms with Gasteiger partial charge in [0.2, 0.25) is 5.75 Å². The summed E-state index contributed by atoms with van der Waals surface area (Å²) in [6, 6.07) is 13.9. The van der Waals surface area contributed by atoms with Crippen LogP contribution in [0.4, 0.5) is 16.2 Å². The lowest BCUT2D eigenvalue weighted by molar-refractivity contribution is 0.262. The van der Waals surface area contributed by atoms with Gasteiger partial charge in [-0.2, -0.15) is 9.61 Å². The van der Waals surface area contributed by atoms with Crippen molar-refractivity contribution in [1.29, 1.82) is 0 Å². The Morgan fingerprint density at radius 1 is 0.903 bits per heavy atom. The van der Waals surface area contributed by atoms with Gasteiger partial charge in [-0.1, -0.05) is 12.1 Å². The van der Waals surface area contributed by atoms with Crippen molar-refractivity contribution >= 4 is 23.1 Å². The first-order chi connectivity index (χ1) is 15.1. The van der Waals surface area contributed by atoms with Crippen LogP contribution < -0.4 is 24.8 Å². The summed E-state index contributed by atoms with van der Waals surface area (Å²) in [4.78, 5) is 12.6. The zero-order chi connectivity index (χ0) is 21.8. The predicted octanol–water partition coefficient (Wildman–Crippen LogP) is 3.46. The van der Waals surface area contributed by atoms with Crippen molar-refractivity contribution in [2.45, 2.75) is 0 Å². The Morgan fingerprint density at radius 2 is 1.65 bits per heavy atom. The molecule has 0 unspecified atom stereocenters. The molecule has 31 heavy (non-hydrogen) atoms. The maximum Gasteiger partial charge on any atom is 0.323 e. The molecule has 0 aliphatic heterocycles. The lowest BCUT2D eigenvalue weighted by atomic mass is 10.1. The van der Waals surface area contributed by atoms with Gasteiger partial charge in [-0.05, 0) is 24.3 Å². The van der Waals surface area contributed by atoms with Gasteiger partial charge in [0.15, 0.2) is 17.1 Å². The van der Waals surface area contributed by atoms with Crippen LogP contribution in [0.15, 0.2) is 54.9 Å². The van der Waals surface area contributed by atoms with E-state index in [1.807, 2.05) is 30.3 Å². The normalized spacial score (nSPS) is 10.5. The van der Waals surface area contributed by atoms with Gasteiger partial charge in [0, 0.05) is 23.4 Å². The largest absolute Gasteiger partial charge is 0.493 e. The molecule has 0 spiro atoms. The molecule has 4 rings (SSSR count). The van der Waals surface area contributed by atoms with Crippen molar-refractivity contribution in [1.82, 2.24) is 19.8 Å². The maximum absolute atomic E-state index is 12.6. The number of hydrogen-bond donors (Lipinski definition) is 2. The number of benzene rings is 2. The molecule has 0 saturated carbocycles. The van der Waals surface area contributed by atoms with Gasteiger partial charge in [0.25, 0.3) is 0 Å². The molecule has 2 N–H and O–H groups in total. The van der Waals surface area contributed by atoms with Crippen LogP contribution in [0.1, 0.15) is 0 Å². The second kappa shape index (κ2) is 8.57. The predicted molar refractivity (Wildman–Crippen MR) is 115 cm³/mol. The summed E-state index contributed by atoms with van der Waals surface area (Å²) in [7, 11) is 4.54. The molecule has 0 fully saturated rings. The van der Waals surface area contributed by atoms with Crippen LogP contribution in [-0.4, -0.2) is 47.2 Å². The fraction of sp³-hybridized carbons (Fsp3) is 0.143. The van der Waals surface area contributed by atoms with Crippen molar-refractivity contribution in [3.8, 4) is 28.5 Å². The van der Waals surface area contributed by atoms with E-state index >= 15 is 0 Å². The van der Waals surface area contributed by atoms with E-state index in [1.54, 1.807) is 22.7 Å². The molecular weight excluding hydrogens is 400 g/mol. The quantitative estimate of drug-likeness (QED) is 0.491. The second-order valence-electron chi connectivity index (χ2n) is 6.43. The highest BCUT2D eigenvalue weighted by Crippen LogP contribution is 2.39. The third-order valence-electron chi connectivity index (χ3n) is 4.50. The Kier molecular flexibility index (Phi) is 5.52. The van der Waals surface area contributed by atoms with E-state index in [1.165, 1.54) is 27.7 Å². The summed E-state index contributed by atoms with van der Waals surface area (Å²) in [5.41, 5.74) is 3.31. The number of rotatable bonds is 6. The van der Waals surface area contributed by atoms with E-state index in [0.29, 0.717) is 34.3 Å². The Morgan fingerprint density at radius 3 is 2.35 bits per heavy atom. The summed E-state index contributed by atoms with van der Waals surface area (Å²) in [5, 5.41) is 17.8. The third-order valence-corrected chi connectivity index (χ3v) is 4.50. The number of urea groups is 1. The number of methoxy groups -OCH3 is 3. The SMILES string of the molecule is COc1cc(NC(=O)Nc2cccc(-c3ccc4nncn4n3)c2)cc(OC)c1OC. The molecule has 158 valence electrons. The first-order valence-corrected chi connectivity index (χ1v) is 9.27. The van der Waals surface area contributed by atoms with E-state index in [-0.39, 0.29) is 0 Å². The number of nitrogens with zero attached hydrogens (tertiary/aromatic N) is 4. The van der Waals surface area contributed by atoms with E-state index < -0.39 is 6.03 Å². The monoisotopic (exact) mass is 420 g/mol. The molecule has 0 bridgehead atoms. The number of nitrogens with one attached hydrogen (secondary N) is 2. The van der Waals surface area contributed by atoms with E-state index in [0.717, 1.165) is 11.3 Å². The molecule has 10 heteroatoms. The van der Waals surface area contributed by atoms with E-state index in [4.69, 9.17) is 14.2 Å². The molecule has 2 heterocycles. The molecule has 2 aromatic carbocycles. The number of ether oxygens (including phenoxy) is 3. The highest BCUT2D eigenvalue weighted by atomic mass is 16.5. The highest BCUT2D eigenvalue weighted by molar-refractivity contribution is 6.00. The number of amides is 2.